The summed E-state index contributed by atoms with van der Waals surface area (Å²) in [7, 11) is -2.78. The zero-order valence-corrected chi connectivity index (χ0v) is 23.8. The van der Waals surface area contributed by atoms with Gasteiger partial charge in [-0.15, -0.1) is 0 Å². The monoisotopic (exact) mass is 514 g/mol. The number of amides is 2. The zero-order valence-electron chi connectivity index (χ0n) is 22.8. The lowest BCUT2D eigenvalue weighted by atomic mass is 10.1. The number of carbonyl (C=O) groups is 2. The third kappa shape index (κ3) is 7.66. The number of alkyl carbamates (subject to hydrolysis) is 1. The van der Waals surface area contributed by atoms with E-state index in [0.29, 0.717) is 0 Å². The number of aliphatic hydroxyl groups excluding tert-OH is 1. The van der Waals surface area contributed by atoms with Gasteiger partial charge in [0, 0.05) is 6.54 Å². The molecule has 8 heteroatoms. The second kappa shape index (κ2) is 12.0. The fourth-order valence-corrected chi connectivity index (χ4v) is 8.93. The lowest BCUT2D eigenvalue weighted by Gasteiger charge is -2.44. The predicted octanol–water partition coefficient (Wildman–Crippen LogP) is 3.34. The summed E-state index contributed by atoms with van der Waals surface area (Å²) < 4.78 is 12.2. The second-order valence-corrected chi connectivity index (χ2v) is 15.5. The Morgan fingerprint density at radius 1 is 0.889 bits per heavy atom. The van der Waals surface area contributed by atoms with Gasteiger partial charge in [-0.05, 0) is 50.0 Å². The molecule has 0 aromatic heterocycles. The molecule has 0 saturated heterocycles. The summed E-state index contributed by atoms with van der Waals surface area (Å²) in [5, 5.41) is 17.5. The van der Waals surface area contributed by atoms with E-state index in [1.165, 1.54) is 6.92 Å². The maximum absolute atomic E-state index is 12.9. The van der Waals surface area contributed by atoms with Crippen LogP contribution in [0.15, 0.2) is 60.7 Å². The van der Waals surface area contributed by atoms with Crippen LogP contribution < -0.4 is 21.0 Å². The number of benzene rings is 2. The molecule has 2 rings (SSSR count). The summed E-state index contributed by atoms with van der Waals surface area (Å²) in [5.41, 5.74) is -0.720. The van der Waals surface area contributed by atoms with Gasteiger partial charge in [0.25, 0.3) is 8.32 Å². The Morgan fingerprint density at radius 3 is 1.75 bits per heavy atom. The summed E-state index contributed by atoms with van der Waals surface area (Å²) in [4.78, 5) is 25.1. The molecule has 3 N–H and O–H groups in total. The highest BCUT2D eigenvalue weighted by Gasteiger charge is 2.51. The number of ether oxygens (including phenoxy) is 1. The van der Waals surface area contributed by atoms with Crippen LogP contribution in [0.4, 0.5) is 4.79 Å². The van der Waals surface area contributed by atoms with Crippen molar-refractivity contribution in [3.63, 3.8) is 0 Å². The van der Waals surface area contributed by atoms with Gasteiger partial charge in [-0.3, -0.25) is 4.79 Å². The minimum absolute atomic E-state index is 0.200. The number of carbonyl (C=O) groups excluding carboxylic acids is 2. The molecule has 2 aromatic carbocycles. The van der Waals surface area contributed by atoms with Gasteiger partial charge in [-0.2, -0.15) is 0 Å². The Morgan fingerprint density at radius 2 is 1.36 bits per heavy atom. The van der Waals surface area contributed by atoms with Crippen LogP contribution in [0.2, 0.25) is 5.04 Å². The Hall–Kier alpha value is -2.68. The van der Waals surface area contributed by atoms with Crippen LogP contribution in [0.3, 0.4) is 0 Å². The first-order valence-corrected chi connectivity index (χ1v) is 14.3. The van der Waals surface area contributed by atoms with Crippen LogP contribution in [-0.2, 0) is 14.0 Å². The molecular formula is C28H42N2O5Si. The van der Waals surface area contributed by atoms with Crippen molar-refractivity contribution < 1.29 is 23.9 Å². The average molecular weight is 515 g/mol. The van der Waals surface area contributed by atoms with E-state index < -0.39 is 38.1 Å². The molecule has 0 aliphatic carbocycles. The molecule has 0 radical (unpaired) electrons. The largest absolute Gasteiger partial charge is 0.444 e. The summed E-state index contributed by atoms with van der Waals surface area (Å²) in [6.45, 7) is 15.4. The molecule has 3 atom stereocenters. The molecule has 0 fully saturated rings. The van der Waals surface area contributed by atoms with E-state index in [1.807, 2.05) is 43.3 Å². The lowest BCUT2D eigenvalue weighted by Crippen LogP contribution is -2.68. The van der Waals surface area contributed by atoms with Gasteiger partial charge in [0.05, 0.1) is 12.2 Å². The van der Waals surface area contributed by atoms with Gasteiger partial charge in [0.1, 0.15) is 11.6 Å². The topological polar surface area (TPSA) is 96.9 Å². The van der Waals surface area contributed by atoms with Gasteiger partial charge >= 0.3 is 6.09 Å². The molecule has 0 heterocycles. The number of aliphatic hydroxyl groups is 1. The summed E-state index contributed by atoms with van der Waals surface area (Å²) in [6.07, 6.45) is -2.21. The average Bonchev–Trinajstić information content (AvgIpc) is 2.78. The molecule has 2 amide bonds. The van der Waals surface area contributed by atoms with Crippen LogP contribution in [0.25, 0.3) is 0 Å². The van der Waals surface area contributed by atoms with E-state index in [0.717, 1.165) is 10.4 Å². The van der Waals surface area contributed by atoms with Crippen molar-refractivity contribution >= 4 is 30.7 Å². The number of hydrogen-bond acceptors (Lipinski definition) is 5. The molecule has 0 saturated carbocycles. The summed E-state index contributed by atoms with van der Waals surface area (Å²) in [6, 6.07) is 19.4. The molecule has 0 spiro atoms. The van der Waals surface area contributed by atoms with Crippen molar-refractivity contribution in [2.45, 2.75) is 84.3 Å². The Kier molecular flexibility index (Phi) is 9.88. The molecule has 2 aromatic rings. The highest BCUT2D eigenvalue weighted by molar-refractivity contribution is 6.99. The lowest BCUT2D eigenvalue weighted by molar-refractivity contribution is -0.126. The van der Waals surface area contributed by atoms with Crippen LogP contribution in [-0.4, -0.2) is 55.8 Å². The minimum atomic E-state index is -2.78. The molecule has 7 nitrogen and oxygen atoms in total. The normalized spacial score (nSPS) is 14.9. The van der Waals surface area contributed by atoms with E-state index >= 15 is 0 Å². The van der Waals surface area contributed by atoms with Crippen molar-refractivity contribution in [1.29, 1.82) is 0 Å². The highest BCUT2D eigenvalue weighted by Crippen LogP contribution is 2.37. The Labute approximate surface area is 216 Å². The van der Waals surface area contributed by atoms with Gasteiger partial charge in [-0.1, -0.05) is 81.4 Å². The summed E-state index contributed by atoms with van der Waals surface area (Å²) in [5.74, 6) is -0.506. The molecule has 0 aliphatic heterocycles. The van der Waals surface area contributed by atoms with Gasteiger partial charge < -0.3 is 24.9 Å². The maximum Gasteiger partial charge on any atom is 0.408 e. The maximum atomic E-state index is 12.9. The highest BCUT2D eigenvalue weighted by atomic mass is 28.4. The Bertz CT molecular complexity index is 945. The van der Waals surface area contributed by atoms with E-state index in [2.05, 4.69) is 55.7 Å². The smallest absolute Gasteiger partial charge is 0.408 e. The predicted molar refractivity (Wildman–Crippen MR) is 146 cm³/mol. The molecule has 0 bridgehead atoms. The fraction of sp³-hybridized carbons (Fsp3) is 0.500. The third-order valence-electron chi connectivity index (χ3n) is 5.80. The van der Waals surface area contributed by atoms with E-state index in [4.69, 9.17) is 9.16 Å². The van der Waals surface area contributed by atoms with E-state index in [9.17, 15) is 14.7 Å². The second-order valence-electron chi connectivity index (χ2n) is 11.2. The Balaban J connectivity index is 2.24. The molecule has 0 unspecified atom stereocenters. The van der Waals surface area contributed by atoms with Crippen molar-refractivity contribution in [2.75, 3.05) is 6.54 Å². The number of rotatable bonds is 9. The van der Waals surface area contributed by atoms with Crippen molar-refractivity contribution in [1.82, 2.24) is 10.6 Å². The van der Waals surface area contributed by atoms with Gasteiger partial charge in [-0.25, -0.2) is 4.79 Å². The first kappa shape index (κ1) is 29.5. The van der Waals surface area contributed by atoms with Crippen molar-refractivity contribution in [2.24, 2.45) is 0 Å². The van der Waals surface area contributed by atoms with E-state index in [1.54, 1.807) is 20.8 Å². The number of hydrogen-bond donors (Lipinski definition) is 3. The molecule has 0 aliphatic rings. The van der Waals surface area contributed by atoms with Crippen LogP contribution in [0.5, 0.6) is 0 Å². The molecule has 198 valence electrons. The van der Waals surface area contributed by atoms with Crippen LogP contribution in [0.1, 0.15) is 55.4 Å². The SMILES string of the molecule is C[C@H](CNC(=O)[C@@H](NC(=O)OC(C)(C)C)[C@@H](C)O)O[Si](c1ccccc1)(c1ccccc1)C(C)(C)C. The minimum Gasteiger partial charge on any atom is -0.444 e. The first-order valence-electron chi connectivity index (χ1n) is 12.4. The zero-order chi connectivity index (χ0) is 27.1. The van der Waals surface area contributed by atoms with Crippen LogP contribution in [0, 0.1) is 0 Å². The van der Waals surface area contributed by atoms with E-state index in [-0.39, 0.29) is 17.7 Å². The quantitative estimate of drug-likeness (QED) is 0.446. The number of nitrogens with one attached hydrogen (secondary N) is 2. The van der Waals surface area contributed by atoms with Crippen LogP contribution >= 0.6 is 0 Å². The molecule has 36 heavy (non-hydrogen) atoms. The van der Waals surface area contributed by atoms with Gasteiger partial charge in [0.2, 0.25) is 5.91 Å². The first-order chi connectivity index (χ1) is 16.7. The molecular weight excluding hydrogens is 472 g/mol. The van der Waals surface area contributed by atoms with Crippen molar-refractivity contribution in [3.8, 4) is 0 Å². The van der Waals surface area contributed by atoms with Gasteiger partial charge in [0.15, 0.2) is 0 Å². The fourth-order valence-electron chi connectivity index (χ4n) is 4.23. The van der Waals surface area contributed by atoms with Crippen molar-refractivity contribution in [3.05, 3.63) is 60.7 Å². The standard InChI is InChI=1S/C28H42N2O5Si/c1-20(19-29-25(32)24(21(2)31)30-26(33)34-27(3,4)5)35-36(28(6,7)8,22-15-11-9-12-16-22)23-17-13-10-14-18-23/h9-18,20-21,24,31H,19H2,1-8H3,(H,29,32)(H,30,33)/t20-,21-,24+/m1/s1. The summed E-state index contributed by atoms with van der Waals surface area (Å²) >= 11 is 0. The third-order valence-corrected chi connectivity index (χ3v) is 11.0.